The first-order valence-electron chi connectivity index (χ1n) is 8.87. The van der Waals surface area contributed by atoms with E-state index in [1.165, 1.54) is 6.07 Å². The van der Waals surface area contributed by atoms with E-state index in [0.717, 1.165) is 17.2 Å². The van der Waals surface area contributed by atoms with E-state index in [4.69, 9.17) is 4.74 Å². The van der Waals surface area contributed by atoms with Crippen molar-refractivity contribution in [2.24, 2.45) is 0 Å². The molecule has 1 N–H and O–H groups in total. The first kappa shape index (κ1) is 20.4. The molecule has 0 aliphatic rings. The number of nitrogens with zero attached hydrogens (tertiary/aromatic N) is 1. The van der Waals surface area contributed by atoms with Gasteiger partial charge in [-0.25, -0.2) is 4.98 Å². The summed E-state index contributed by atoms with van der Waals surface area (Å²) in [4.78, 5) is 15.8. The summed E-state index contributed by atoms with van der Waals surface area (Å²) in [5.74, 6) is -0.554. The van der Waals surface area contributed by atoms with Crippen LogP contribution in [0.2, 0.25) is 0 Å². The van der Waals surface area contributed by atoms with E-state index < -0.39 is 24.4 Å². The van der Waals surface area contributed by atoms with Crippen LogP contribution in [0.4, 0.5) is 18.9 Å². The topological polar surface area (TPSA) is 51.2 Å². The minimum Gasteiger partial charge on any atom is -0.484 e. The zero-order valence-corrected chi connectivity index (χ0v) is 15.9. The molecule has 2 aromatic carbocycles. The van der Waals surface area contributed by atoms with E-state index in [9.17, 15) is 18.0 Å². The van der Waals surface area contributed by atoms with Crippen LogP contribution in [0.3, 0.4) is 0 Å². The van der Waals surface area contributed by atoms with Gasteiger partial charge in [0, 0.05) is 23.4 Å². The van der Waals surface area contributed by atoms with Crippen LogP contribution in [0.25, 0.3) is 11.3 Å². The van der Waals surface area contributed by atoms with Crippen LogP contribution in [0.15, 0.2) is 60.7 Å². The molecule has 0 atom stereocenters. The summed E-state index contributed by atoms with van der Waals surface area (Å²) < 4.78 is 45.0. The Kier molecular flexibility index (Phi) is 5.87. The fourth-order valence-electron chi connectivity index (χ4n) is 2.66. The molecule has 4 nitrogen and oxygen atoms in total. The SMILES string of the molecule is Cc1ccc(NC(=O)COc2cc(-c3ccccc3)nc(C(F)(F)F)c2)cc1C. The molecule has 1 aromatic heterocycles. The van der Waals surface area contributed by atoms with Gasteiger partial charge in [-0.1, -0.05) is 36.4 Å². The Morgan fingerprint density at radius 3 is 2.38 bits per heavy atom. The number of carbonyl (C=O) groups is 1. The maximum atomic E-state index is 13.2. The van der Waals surface area contributed by atoms with Crippen LogP contribution < -0.4 is 10.1 Å². The highest BCUT2D eigenvalue weighted by Gasteiger charge is 2.33. The highest BCUT2D eigenvalue weighted by Crippen LogP contribution is 2.33. The Labute approximate surface area is 166 Å². The summed E-state index contributed by atoms with van der Waals surface area (Å²) in [7, 11) is 0. The number of anilines is 1. The van der Waals surface area contributed by atoms with Gasteiger partial charge in [0.2, 0.25) is 0 Å². The lowest BCUT2D eigenvalue weighted by Gasteiger charge is -2.13. The lowest BCUT2D eigenvalue weighted by Crippen LogP contribution is -2.20. The second-order valence-corrected chi connectivity index (χ2v) is 6.57. The summed E-state index contributed by atoms with van der Waals surface area (Å²) >= 11 is 0. The summed E-state index contributed by atoms with van der Waals surface area (Å²) in [5.41, 5.74) is 2.25. The number of nitrogens with one attached hydrogen (secondary N) is 1. The molecule has 29 heavy (non-hydrogen) atoms. The average molecular weight is 400 g/mol. The molecule has 0 saturated heterocycles. The smallest absolute Gasteiger partial charge is 0.433 e. The number of rotatable bonds is 5. The van der Waals surface area contributed by atoms with Crippen LogP contribution >= 0.6 is 0 Å². The zero-order valence-electron chi connectivity index (χ0n) is 15.9. The standard InChI is InChI=1S/C22H19F3N2O2/c1-14-8-9-17(10-15(14)2)26-21(28)13-29-18-11-19(16-6-4-3-5-7-16)27-20(12-18)22(23,24)25/h3-12H,13H2,1-2H3,(H,26,28). The number of ether oxygens (including phenoxy) is 1. The first-order valence-corrected chi connectivity index (χ1v) is 8.87. The van der Waals surface area contributed by atoms with Crippen molar-refractivity contribution in [1.82, 2.24) is 4.98 Å². The minimum atomic E-state index is -4.63. The van der Waals surface area contributed by atoms with Crippen LogP contribution in [0.5, 0.6) is 5.75 Å². The molecule has 3 rings (SSSR count). The number of hydrogen-bond donors (Lipinski definition) is 1. The number of hydrogen-bond acceptors (Lipinski definition) is 3. The molecule has 7 heteroatoms. The fraction of sp³-hybridized carbons (Fsp3) is 0.182. The van der Waals surface area contributed by atoms with E-state index in [0.29, 0.717) is 11.3 Å². The molecule has 1 heterocycles. The number of amides is 1. The molecule has 0 aliphatic heterocycles. The van der Waals surface area contributed by atoms with Crippen molar-refractivity contribution in [3.63, 3.8) is 0 Å². The van der Waals surface area contributed by atoms with Crippen molar-refractivity contribution >= 4 is 11.6 Å². The highest BCUT2D eigenvalue weighted by atomic mass is 19.4. The summed E-state index contributed by atoms with van der Waals surface area (Å²) in [5, 5.41) is 2.67. The Hall–Kier alpha value is -3.35. The third kappa shape index (κ3) is 5.34. The lowest BCUT2D eigenvalue weighted by molar-refractivity contribution is -0.141. The van der Waals surface area contributed by atoms with E-state index in [-0.39, 0.29) is 11.4 Å². The highest BCUT2D eigenvalue weighted by molar-refractivity contribution is 5.92. The molecule has 3 aromatic rings. The van der Waals surface area contributed by atoms with Gasteiger partial charge in [-0.3, -0.25) is 4.79 Å². The Morgan fingerprint density at radius 1 is 1.00 bits per heavy atom. The number of benzene rings is 2. The molecule has 0 fully saturated rings. The fourth-order valence-corrected chi connectivity index (χ4v) is 2.66. The zero-order chi connectivity index (χ0) is 21.0. The minimum absolute atomic E-state index is 0.0820. The number of aryl methyl sites for hydroxylation is 2. The second-order valence-electron chi connectivity index (χ2n) is 6.57. The van der Waals surface area contributed by atoms with Crippen molar-refractivity contribution in [2.75, 3.05) is 11.9 Å². The summed E-state index contributed by atoms with van der Waals surface area (Å²) in [6, 6.07) is 16.1. The molecule has 0 aliphatic carbocycles. The Balaban J connectivity index is 1.77. The van der Waals surface area contributed by atoms with Gasteiger partial charge in [0.25, 0.3) is 5.91 Å². The number of carbonyl (C=O) groups excluding carboxylic acids is 1. The van der Waals surface area contributed by atoms with Crippen molar-refractivity contribution in [2.45, 2.75) is 20.0 Å². The molecular formula is C22H19F3N2O2. The summed E-state index contributed by atoms with van der Waals surface area (Å²) in [6.07, 6.45) is -4.63. The van der Waals surface area contributed by atoms with Gasteiger partial charge < -0.3 is 10.1 Å². The maximum Gasteiger partial charge on any atom is 0.433 e. The number of alkyl halides is 3. The lowest BCUT2D eigenvalue weighted by atomic mass is 10.1. The third-order valence-electron chi connectivity index (χ3n) is 4.32. The van der Waals surface area contributed by atoms with Crippen LogP contribution in [0.1, 0.15) is 16.8 Å². The predicted octanol–water partition coefficient (Wildman–Crippen LogP) is 5.40. The van der Waals surface area contributed by atoms with Gasteiger partial charge >= 0.3 is 6.18 Å². The molecule has 0 saturated carbocycles. The van der Waals surface area contributed by atoms with Gasteiger partial charge in [-0.2, -0.15) is 13.2 Å². The van der Waals surface area contributed by atoms with E-state index in [1.807, 2.05) is 26.0 Å². The van der Waals surface area contributed by atoms with Crippen LogP contribution in [0, 0.1) is 13.8 Å². The predicted molar refractivity (Wildman–Crippen MR) is 105 cm³/mol. The Bertz CT molecular complexity index is 1020. The molecule has 0 unspecified atom stereocenters. The van der Waals surface area contributed by atoms with Crippen molar-refractivity contribution < 1.29 is 22.7 Å². The van der Waals surface area contributed by atoms with E-state index >= 15 is 0 Å². The largest absolute Gasteiger partial charge is 0.484 e. The van der Waals surface area contributed by atoms with Crippen LogP contribution in [-0.4, -0.2) is 17.5 Å². The maximum absolute atomic E-state index is 13.2. The van der Waals surface area contributed by atoms with Gasteiger partial charge in [0.1, 0.15) is 11.4 Å². The normalized spacial score (nSPS) is 11.2. The number of halogens is 3. The molecule has 1 amide bonds. The monoisotopic (exact) mass is 400 g/mol. The third-order valence-corrected chi connectivity index (χ3v) is 4.32. The second kappa shape index (κ2) is 8.34. The van der Waals surface area contributed by atoms with Crippen LogP contribution in [-0.2, 0) is 11.0 Å². The van der Waals surface area contributed by atoms with Gasteiger partial charge in [-0.15, -0.1) is 0 Å². The quantitative estimate of drug-likeness (QED) is 0.624. The number of aromatic nitrogens is 1. The first-order chi connectivity index (χ1) is 13.7. The molecule has 0 spiro atoms. The van der Waals surface area contributed by atoms with E-state index in [1.54, 1.807) is 36.4 Å². The van der Waals surface area contributed by atoms with Crippen molar-refractivity contribution in [1.29, 1.82) is 0 Å². The average Bonchev–Trinajstić information content (AvgIpc) is 2.69. The molecule has 0 bridgehead atoms. The van der Waals surface area contributed by atoms with Gasteiger partial charge in [-0.05, 0) is 37.1 Å². The van der Waals surface area contributed by atoms with Gasteiger partial charge in [0.15, 0.2) is 6.61 Å². The van der Waals surface area contributed by atoms with E-state index in [2.05, 4.69) is 10.3 Å². The molecule has 150 valence electrons. The summed E-state index contributed by atoms with van der Waals surface area (Å²) in [6.45, 7) is 3.45. The van der Waals surface area contributed by atoms with Gasteiger partial charge in [0.05, 0.1) is 5.69 Å². The van der Waals surface area contributed by atoms with Crippen molar-refractivity contribution in [3.05, 3.63) is 77.5 Å². The molecular weight excluding hydrogens is 381 g/mol. The number of pyridine rings is 1. The van der Waals surface area contributed by atoms with Crippen molar-refractivity contribution in [3.8, 4) is 17.0 Å². The molecule has 0 radical (unpaired) electrons. The Morgan fingerprint density at radius 2 is 1.72 bits per heavy atom.